The minimum atomic E-state index is -3.46. The number of hydrogen-bond donors (Lipinski definition) is 1. The minimum Gasteiger partial charge on any atom is -0.355 e. The van der Waals surface area contributed by atoms with Crippen LogP contribution in [0.4, 0.5) is 4.39 Å². The second kappa shape index (κ2) is 9.83. The summed E-state index contributed by atoms with van der Waals surface area (Å²) in [5, 5.41) is 2.67. The molecule has 5 nitrogen and oxygen atoms in total. The summed E-state index contributed by atoms with van der Waals surface area (Å²) < 4.78 is 38.7. The molecule has 0 spiro atoms. The van der Waals surface area contributed by atoms with Gasteiger partial charge in [-0.2, -0.15) is 4.31 Å². The lowest BCUT2D eigenvalue weighted by molar-refractivity contribution is -0.121. The third-order valence-corrected chi connectivity index (χ3v) is 5.78. The van der Waals surface area contributed by atoms with E-state index in [4.69, 9.17) is 0 Å². The maximum Gasteiger partial charge on any atom is 0.235 e. The summed E-state index contributed by atoms with van der Waals surface area (Å²) in [5.41, 5.74) is 1.79. The Balaban J connectivity index is 1.82. The molecule has 1 N–H and O–H groups in total. The lowest BCUT2D eigenvalue weighted by atomic mass is 9.97. The van der Waals surface area contributed by atoms with Gasteiger partial charge in [-0.25, -0.2) is 12.8 Å². The summed E-state index contributed by atoms with van der Waals surface area (Å²) in [7, 11) is -3.46. The predicted octanol–water partition coefficient (Wildman–Crippen LogP) is 2.64. The van der Waals surface area contributed by atoms with Gasteiger partial charge in [-0.05, 0) is 50.2 Å². The van der Waals surface area contributed by atoms with Gasteiger partial charge in [-0.3, -0.25) is 4.79 Å². The number of amides is 1. The van der Waals surface area contributed by atoms with Crippen molar-refractivity contribution >= 4 is 15.9 Å². The molecule has 26 heavy (non-hydrogen) atoms. The molecule has 1 aliphatic carbocycles. The van der Waals surface area contributed by atoms with Gasteiger partial charge in [0.2, 0.25) is 15.9 Å². The average Bonchev–Trinajstić information content (AvgIpc) is 2.60. The smallest absolute Gasteiger partial charge is 0.235 e. The maximum atomic E-state index is 13.6. The van der Waals surface area contributed by atoms with Crippen LogP contribution >= 0.6 is 0 Å². The van der Waals surface area contributed by atoms with E-state index in [2.05, 4.69) is 11.4 Å². The van der Waals surface area contributed by atoms with Crippen molar-refractivity contribution in [1.82, 2.24) is 9.62 Å². The van der Waals surface area contributed by atoms with E-state index in [0.717, 1.165) is 25.5 Å². The summed E-state index contributed by atoms with van der Waals surface area (Å²) in [4.78, 5) is 12.1. The van der Waals surface area contributed by atoms with Gasteiger partial charge in [0.15, 0.2) is 0 Å². The molecule has 0 bridgehead atoms. The van der Waals surface area contributed by atoms with Gasteiger partial charge in [0.05, 0.1) is 12.8 Å². The molecule has 0 aliphatic heterocycles. The van der Waals surface area contributed by atoms with E-state index in [9.17, 15) is 17.6 Å². The zero-order valence-electron chi connectivity index (χ0n) is 15.2. The van der Waals surface area contributed by atoms with Crippen LogP contribution < -0.4 is 5.32 Å². The Labute approximate surface area is 155 Å². The third kappa shape index (κ3) is 6.88. The molecule has 0 aromatic heterocycles. The molecule has 2 rings (SSSR count). The highest BCUT2D eigenvalue weighted by molar-refractivity contribution is 7.88. The SMILES string of the molecule is CS(=O)(=O)N(CCC1=CCCCC1)CC(=O)NCCc1ccccc1F. The van der Waals surface area contributed by atoms with E-state index in [0.29, 0.717) is 24.9 Å². The van der Waals surface area contributed by atoms with Crippen molar-refractivity contribution in [2.45, 2.75) is 38.5 Å². The van der Waals surface area contributed by atoms with Crippen molar-refractivity contribution in [2.24, 2.45) is 0 Å². The molecular weight excluding hydrogens is 355 g/mol. The fourth-order valence-corrected chi connectivity index (χ4v) is 3.79. The predicted molar refractivity (Wildman–Crippen MR) is 101 cm³/mol. The van der Waals surface area contributed by atoms with Gasteiger partial charge in [0.25, 0.3) is 0 Å². The highest BCUT2D eigenvalue weighted by atomic mass is 32.2. The highest BCUT2D eigenvalue weighted by Gasteiger charge is 2.20. The molecule has 0 saturated carbocycles. The van der Waals surface area contributed by atoms with Crippen molar-refractivity contribution in [3.8, 4) is 0 Å². The topological polar surface area (TPSA) is 66.5 Å². The summed E-state index contributed by atoms with van der Waals surface area (Å²) in [5.74, 6) is -0.676. The molecule has 1 aromatic rings. The van der Waals surface area contributed by atoms with Crippen LogP contribution in [0.25, 0.3) is 0 Å². The number of hydrogen-bond acceptors (Lipinski definition) is 3. The molecule has 1 amide bonds. The summed E-state index contributed by atoms with van der Waals surface area (Å²) in [6.07, 6.45) is 8.70. The van der Waals surface area contributed by atoms with Crippen LogP contribution in [0.2, 0.25) is 0 Å². The molecular formula is C19H27FN2O3S. The van der Waals surface area contributed by atoms with E-state index in [1.165, 1.54) is 22.4 Å². The summed E-state index contributed by atoms with van der Waals surface area (Å²) in [6, 6.07) is 6.40. The van der Waals surface area contributed by atoms with Crippen LogP contribution in [0.1, 0.15) is 37.7 Å². The van der Waals surface area contributed by atoms with Crippen LogP contribution in [-0.4, -0.2) is 44.5 Å². The Morgan fingerprint density at radius 2 is 2.00 bits per heavy atom. The first-order valence-electron chi connectivity index (χ1n) is 8.99. The van der Waals surface area contributed by atoms with Crippen molar-refractivity contribution in [3.05, 3.63) is 47.3 Å². The lowest BCUT2D eigenvalue weighted by Crippen LogP contribution is -2.41. The normalized spacial score (nSPS) is 15.0. The van der Waals surface area contributed by atoms with Gasteiger partial charge < -0.3 is 5.32 Å². The number of halogens is 1. The lowest BCUT2D eigenvalue weighted by Gasteiger charge is -2.21. The largest absolute Gasteiger partial charge is 0.355 e. The Morgan fingerprint density at radius 1 is 1.23 bits per heavy atom. The first kappa shape index (κ1) is 20.6. The standard InChI is InChI=1S/C19H27FN2O3S/c1-26(24,25)22(14-12-16-7-3-2-4-8-16)15-19(23)21-13-11-17-9-5-6-10-18(17)20/h5-7,9-10H,2-4,8,11-15H2,1H3,(H,21,23). The minimum absolute atomic E-state index is 0.205. The Kier molecular flexibility index (Phi) is 7.78. The number of carbonyl (C=O) groups is 1. The second-order valence-electron chi connectivity index (χ2n) is 6.65. The van der Waals surface area contributed by atoms with Gasteiger partial charge in [0, 0.05) is 13.1 Å². The first-order chi connectivity index (χ1) is 12.4. The molecule has 7 heteroatoms. The second-order valence-corrected chi connectivity index (χ2v) is 8.63. The highest BCUT2D eigenvalue weighted by Crippen LogP contribution is 2.20. The molecule has 0 saturated heterocycles. The number of nitrogens with one attached hydrogen (secondary N) is 1. The Hall–Kier alpha value is -1.73. The molecule has 1 aromatic carbocycles. The first-order valence-corrected chi connectivity index (χ1v) is 10.8. The maximum absolute atomic E-state index is 13.6. The molecule has 1 aliphatic rings. The van der Waals surface area contributed by atoms with Crippen molar-refractivity contribution in [1.29, 1.82) is 0 Å². The van der Waals surface area contributed by atoms with Crippen LogP contribution in [0.15, 0.2) is 35.9 Å². The van der Waals surface area contributed by atoms with Gasteiger partial charge in [-0.1, -0.05) is 29.8 Å². The molecule has 0 heterocycles. The van der Waals surface area contributed by atoms with Gasteiger partial charge in [-0.15, -0.1) is 0 Å². The quantitative estimate of drug-likeness (QED) is 0.668. The van der Waals surface area contributed by atoms with Crippen LogP contribution in [0.5, 0.6) is 0 Å². The third-order valence-electron chi connectivity index (χ3n) is 4.53. The van der Waals surface area contributed by atoms with Gasteiger partial charge in [0.1, 0.15) is 5.82 Å². The summed E-state index contributed by atoms with van der Waals surface area (Å²) >= 11 is 0. The summed E-state index contributed by atoms with van der Waals surface area (Å²) in [6.45, 7) is 0.372. The average molecular weight is 383 g/mol. The zero-order chi connectivity index (χ0) is 19.0. The van der Waals surface area contributed by atoms with E-state index in [-0.39, 0.29) is 24.8 Å². The number of benzene rings is 1. The number of carbonyl (C=O) groups excluding carboxylic acids is 1. The monoisotopic (exact) mass is 382 g/mol. The van der Waals surface area contributed by atoms with Crippen LogP contribution in [0, 0.1) is 5.82 Å². The van der Waals surface area contributed by atoms with Crippen molar-refractivity contribution < 1.29 is 17.6 Å². The zero-order valence-corrected chi connectivity index (χ0v) is 16.0. The number of allylic oxidation sites excluding steroid dienone is 1. The van der Waals surface area contributed by atoms with E-state index in [1.807, 2.05) is 0 Å². The van der Waals surface area contributed by atoms with E-state index in [1.54, 1.807) is 18.2 Å². The molecule has 0 radical (unpaired) electrons. The fraction of sp³-hybridized carbons (Fsp3) is 0.526. The van der Waals surface area contributed by atoms with Crippen molar-refractivity contribution in [3.63, 3.8) is 0 Å². The fourth-order valence-electron chi connectivity index (χ4n) is 3.02. The molecule has 0 unspecified atom stereocenters. The van der Waals surface area contributed by atoms with Crippen molar-refractivity contribution in [2.75, 3.05) is 25.9 Å². The van der Waals surface area contributed by atoms with Gasteiger partial charge >= 0.3 is 0 Å². The van der Waals surface area contributed by atoms with Crippen LogP contribution in [-0.2, 0) is 21.2 Å². The Bertz CT molecular complexity index is 747. The van der Waals surface area contributed by atoms with E-state index >= 15 is 0 Å². The molecule has 144 valence electrons. The molecule has 0 fully saturated rings. The molecule has 0 atom stereocenters. The number of sulfonamides is 1. The number of nitrogens with zero attached hydrogens (tertiary/aromatic N) is 1. The number of rotatable bonds is 9. The van der Waals surface area contributed by atoms with Crippen LogP contribution in [0.3, 0.4) is 0 Å². The van der Waals surface area contributed by atoms with E-state index < -0.39 is 10.0 Å². The Morgan fingerprint density at radius 3 is 2.65 bits per heavy atom.